The molecule has 31 heavy (non-hydrogen) atoms. The van der Waals surface area contributed by atoms with Crippen LogP contribution in [0.5, 0.6) is 23.0 Å². The average Bonchev–Trinajstić information content (AvgIpc) is 3.46. The Morgan fingerprint density at radius 3 is 2.68 bits per heavy atom. The number of ether oxygens (including phenoxy) is 4. The van der Waals surface area contributed by atoms with Crippen molar-refractivity contribution in [3.63, 3.8) is 0 Å². The third-order valence-electron chi connectivity index (χ3n) is 5.65. The first-order valence-corrected chi connectivity index (χ1v) is 10.0. The highest BCUT2D eigenvalue weighted by Gasteiger charge is 2.33. The molecule has 2 aliphatic heterocycles. The third-order valence-corrected chi connectivity index (χ3v) is 5.65. The lowest BCUT2D eigenvalue weighted by atomic mass is 9.99. The van der Waals surface area contributed by atoms with Crippen molar-refractivity contribution < 1.29 is 23.7 Å². The largest absolute Gasteiger partial charge is 0.493 e. The minimum Gasteiger partial charge on any atom is -0.493 e. The number of hydrogen-bond acceptors (Lipinski definition) is 5. The van der Waals surface area contributed by atoms with Crippen LogP contribution >= 0.6 is 0 Å². The maximum atomic E-state index is 13.3. The van der Waals surface area contributed by atoms with Crippen molar-refractivity contribution in [2.24, 2.45) is 0 Å². The predicted octanol–water partition coefficient (Wildman–Crippen LogP) is 3.87. The quantitative estimate of drug-likeness (QED) is 0.692. The van der Waals surface area contributed by atoms with Crippen LogP contribution < -0.4 is 24.3 Å². The highest BCUT2D eigenvalue weighted by atomic mass is 16.7. The molecule has 0 spiro atoms. The Kier molecular flexibility index (Phi) is 4.82. The van der Waals surface area contributed by atoms with Gasteiger partial charge in [-0.25, -0.2) is 4.79 Å². The van der Waals surface area contributed by atoms with Crippen molar-refractivity contribution >= 4 is 11.7 Å². The van der Waals surface area contributed by atoms with Gasteiger partial charge in [0.2, 0.25) is 6.79 Å². The summed E-state index contributed by atoms with van der Waals surface area (Å²) in [4.78, 5) is 15.2. The number of fused-ring (bicyclic) bond motifs is 2. The van der Waals surface area contributed by atoms with Gasteiger partial charge in [0.25, 0.3) is 0 Å². The second-order valence-corrected chi connectivity index (χ2v) is 7.33. The van der Waals surface area contributed by atoms with Crippen LogP contribution in [0.2, 0.25) is 0 Å². The van der Waals surface area contributed by atoms with Crippen molar-refractivity contribution in [3.05, 3.63) is 66.0 Å². The van der Waals surface area contributed by atoms with E-state index in [4.69, 9.17) is 18.9 Å². The molecule has 2 aliphatic rings. The van der Waals surface area contributed by atoms with Gasteiger partial charge in [0, 0.05) is 36.7 Å². The highest BCUT2D eigenvalue weighted by Crippen LogP contribution is 2.38. The molecule has 3 heterocycles. The summed E-state index contributed by atoms with van der Waals surface area (Å²) in [7, 11) is 3.21. The minimum absolute atomic E-state index is 0.189. The third kappa shape index (κ3) is 3.39. The zero-order valence-corrected chi connectivity index (χ0v) is 17.3. The smallest absolute Gasteiger partial charge is 0.322 e. The summed E-state index contributed by atoms with van der Waals surface area (Å²) < 4.78 is 23.8. The number of aromatic nitrogens is 1. The van der Waals surface area contributed by atoms with E-state index in [1.807, 2.05) is 47.5 Å². The van der Waals surface area contributed by atoms with Crippen LogP contribution in [0.3, 0.4) is 0 Å². The first-order valence-electron chi connectivity index (χ1n) is 10.0. The topological polar surface area (TPSA) is 74.2 Å². The molecule has 0 saturated carbocycles. The summed E-state index contributed by atoms with van der Waals surface area (Å²) >= 11 is 0. The van der Waals surface area contributed by atoms with Crippen molar-refractivity contribution in [1.29, 1.82) is 0 Å². The van der Waals surface area contributed by atoms with Crippen molar-refractivity contribution in [3.8, 4) is 23.0 Å². The highest BCUT2D eigenvalue weighted by molar-refractivity contribution is 5.90. The average molecular weight is 421 g/mol. The molecular weight excluding hydrogens is 398 g/mol. The van der Waals surface area contributed by atoms with E-state index in [0.717, 1.165) is 17.8 Å². The molecular formula is C23H23N3O5. The van der Waals surface area contributed by atoms with Gasteiger partial charge in [-0.15, -0.1) is 0 Å². The number of benzene rings is 2. The lowest BCUT2D eigenvalue weighted by molar-refractivity contribution is 0.174. The van der Waals surface area contributed by atoms with E-state index in [1.54, 1.807) is 26.4 Å². The maximum absolute atomic E-state index is 13.3. The van der Waals surface area contributed by atoms with E-state index >= 15 is 0 Å². The van der Waals surface area contributed by atoms with E-state index in [0.29, 0.717) is 35.2 Å². The molecule has 1 atom stereocenters. The predicted molar refractivity (Wildman–Crippen MR) is 114 cm³/mol. The Morgan fingerprint density at radius 1 is 1.00 bits per heavy atom. The normalized spacial score (nSPS) is 16.6. The molecule has 5 rings (SSSR count). The number of carbonyl (C=O) groups is 1. The van der Waals surface area contributed by atoms with Gasteiger partial charge in [0.15, 0.2) is 23.0 Å². The fourth-order valence-electron chi connectivity index (χ4n) is 4.15. The Hall–Kier alpha value is -3.81. The molecule has 0 bridgehead atoms. The molecule has 1 aromatic heterocycles. The molecule has 0 unspecified atom stereocenters. The van der Waals surface area contributed by atoms with Gasteiger partial charge in [-0.2, -0.15) is 0 Å². The summed E-state index contributed by atoms with van der Waals surface area (Å²) in [6, 6.07) is 14.7. The molecule has 3 aromatic rings. The Labute approximate surface area is 179 Å². The number of nitrogens with zero attached hydrogens (tertiary/aromatic N) is 2. The number of nitrogens with one attached hydrogen (secondary N) is 1. The van der Waals surface area contributed by atoms with E-state index in [2.05, 4.69) is 9.88 Å². The number of rotatable bonds is 4. The molecule has 0 saturated heterocycles. The van der Waals surface area contributed by atoms with Crippen LogP contribution in [0.15, 0.2) is 54.7 Å². The molecule has 0 radical (unpaired) electrons. The first-order chi connectivity index (χ1) is 15.2. The van der Waals surface area contributed by atoms with Gasteiger partial charge in [0.1, 0.15) is 0 Å². The second-order valence-electron chi connectivity index (χ2n) is 7.33. The Bertz CT molecular complexity index is 1130. The van der Waals surface area contributed by atoms with Crippen LogP contribution in [0.1, 0.15) is 17.3 Å². The van der Waals surface area contributed by atoms with Gasteiger partial charge in [0.05, 0.1) is 20.3 Å². The molecule has 2 amide bonds. The van der Waals surface area contributed by atoms with E-state index in [9.17, 15) is 4.79 Å². The van der Waals surface area contributed by atoms with Gasteiger partial charge >= 0.3 is 6.03 Å². The van der Waals surface area contributed by atoms with Crippen molar-refractivity contribution in [1.82, 2.24) is 9.47 Å². The van der Waals surface area contributed by atoms with Crippen LogP contribution in [-0.2, 0) is 6.54 Å². The summed E-state index contributed by atoms with van der Waals surface area (Å²) in [5, 5.41) is 3.00. The summed E-state index contributed by atoms with van der Waals surface area (Å²) in [5.41, 5.74) is 2.64. The van der Waals surface area contributed by atoms with Crippen LogP contribution in [0, 0.1) is 0 Å². The molecule has 8 nitrogen and oxygen atoms in total. The number of carbonyl (C=O) groups excluding carboxylic acids is 1. The number of methoxy groups -OCH3 is 2. The van der Waals surface area contributed by atoms with Crippen molar-refractivity contribution in [2.75, 3.05) is 32.9 Å². The molecule has 2 aromatic carbocycles. The fourth-order valence-corrected chi connectivity index (χ4v) is 4.15. The van der Waals surface area contributed by atoms with Gasteiger partial charge in [-0.1, -0.05) is 6.07 Å². The van der Waals surface area contributed by atoms with E-state index in [-0.39, 0.29) is 18.9 Å². The molecule has 0 aliphatic carbocycles. The standard InChI is InChI=1S/C23H23N3O5/c1-28-18-7-5-15(12-20(18)29-2)22-17-4-3-9-25(17)10-11-26(22)23(27)24-16-6-8-19-21(13-16)31-14-30-19/h3-9,12-13,22H,10-11,14H2,1-2H3,(H,24,27)/t22-/m0/s1. The number of hydrogen-bond donors (Lipinski definition) is 1. The number of anilines is 1. The van der Waals surface area contributed by atoms with Gasteiger partial charge in [-0.05, 0) is 42.0 Å². The zero-order valence-electron chi connectivity index (χ0n) is 17.3. The van der Waals surface area contributed by atoms with E-state index in [1.165, 1.54) is 0 Å². The number of amides is 2. The van der Waals surface area contributed by atoms with E-state index < -0.39 is 0 Å². The molecule has 1 N–H and O–H groups in total. The maximum Gasteiger partial charge on any atom is 0.322 e. The fraction of sp³-hybridized carbons (Fsp3) is 0.261. The minimum atomic E-state index is -0.266. The lowest BCUT2D eigenvalue weighted by Crippen LogP contribution is -2.44. The Balaban J connectivity index is 1.47. The monoisotopic (exact) mass is 421 g/mol. The SMILES string of the molecule is COc1ccc([C@H]2c3cccn3CCN2C(=O)Nc2ccc3c(c2)OCO3)cc1OC. The lowest BCUT2D eigenvalue weighted by Gasteiger charge is -2.37. The molecule has 8 heteroatoms. The van der Waals surface area contributed by atoms with Gasteiger partial charge < -0.3 is 33.7 Å². The second kappa shape index (κ2) is 7.79. The van der Waals surface area contributed by atoms with Crippen molar-refractivity contribution in [2.45, 2.75) is 12.6 Å². The van der Waals surface area contributed by atoms with Crippen LogP contribution in [-0.4, -0.2) is 43.1 Å². The van der Waals surface area contributed by atoms with Crippen LogP contribution in [0.4, 0.5) is 10.5 Å². The number of urea groups is 1. The van der Waals surface area contributed by atoms with Crippen LogP contribution in [0.25, 0.3) is 0 Å². The summed E-state index contributed by atoms with van der Waals surface area (Å²) in [6.07, 6.45) is 2.04. The Morgan fingerprint density at radius 2 is 1.84 bits per heavy atom. The summed E-state index contributed by atoms with van der Waals surface area (Å²) in [5.74, 6) is 2.58. The van der Waals surface area contributed by atoms with Gasteiger partial charge in [-0.3, -0.25) is 0 Å². The molecule has 160 valence electrons. The molecule has 0 fully saturated rings. The zero-order chi connectivity index (χ0) is 21.4. The summed E-state index contributed by atoms with van der Waals surface area (Å²) in [6.45, 7) is 1.48. The first kappa shape index (κ1) is 19.2.